The summed E-state index contributed by atoms with van der Waals surface area (Å²) in [6.07, 6.45) is 1.75. The number of ether oxygens (including phenoxy) is 2. The van der Waals surface area contributed by atoms with Crippen LogP contribution in [0.25, 0.3) is 0 Å². The van der Waals surface area contributed by atoms with Gasteiger partial charge in [0.2, 0.25) is 5.91 Å². The highest BCUT2D eigenvalue weighted by Crippen LogP contribution is 2.17. The number of hydrogen-bond donors (Lipinski definition) is 1. The van der Waals surface area contributed by atoms with Crippen LogP contribution < -0.4 is 14.8 Å². The lowest BCUT2D eigenvalue weighted by molar-refractivity contribution is -0.132. The highest BCUT2D eigenvalue weighted by molar-refractivity contribution is 5.95. The number of nitrogens with one attached hydrogen (secondary N) is 1. The van der Waals surface area contributed by atoms with Crippen molar-refractivity contribution < 1.29 is 23.9 Å². The molecule has 2 aromatic carbocycles. The zero-order valence-corrected chi connectivity index (χ0v) is 17.2. The Bertz CT molecular complexity index is 902. The predicted octanol–water partition coefficient (Wildman–Crippen LogP) is 2.58. The van der Waals surface area contributed by atoms with Crippen molar-refractivity contribution >= 4 is 17.8 Å². The number of piperidine rings is 1. The Labute approximate surface area is 176 Å². The molecule has 7 nitrogen and oxygen atoms in total. The molecule has 1 saturated heterocycles. The van der Waals surface area contributed by atoms with Crippen LogP contribution in [0.5, 0.6) is 11.5 Å². The van der Waals surface area contributed by atoms with E-state index >= 15 is 0 Å². The summed E-state index contributed by atoms with van der Waals surface area (Å²) in [4.78, 5) is 38.0. The number of carbonyl (C=O) groups excluding carboxylic acids is 3. The number of carbonyl (C=O) groups is 3. The third-order valence-electron chi connectivity index (χ3n) is 5.06. The number of hydrogen-bond acceptors (Lipinski definition) is 5. The first-order chi connectivity index (χ1) is 14.4. The van der Waals surface area contributed by atoms with Gasteiger partial charge < -0.3 is 19.7 Å². The molecule has 1 aliphatic rings. The van der Waals surface area contributed by atoms with Crippen LogP contribution >= 0.6 is 0 Å². The van der Waals surface area contributed by atoms with Gasteiger partial charge in [-0.1, -0.05) is 18.2 Å². The Balaban J connectivity index is 1.48. The zero-order valence-electron chi connectivity index (χ0n) is 17.2. The summed E-state index contributed by atoms with van der Waals surface area (Å²) in [6.45, 7) is 2.53. The van der Waals surface area contributed by atoms with Crippen molar-refractivity contribution in [1.82, 2.24) is 10.2 Å². The lowest BCUT2D eigenvalue weighted by Crippen LogP contribution is -2.47. The maximum Gasteiger partial charge on any atom is 0.308 e. The quantitative estimate of drug-likeness (QED) is 0.585. The first kappa shape index (κ1) is 21.4. The van der Waals surface area contributed by atoms with Gasteiger partial charge in [-0.2, -0.15) is 0 Å². The Kier molecular flexibility index (Phi) is 7.06. The molecule has 1 aliphatic heterocycles. The second kappa shape index (κ2) is 9.91. The molecule has 7 heteroatoms. The predicted molar refractivity (Wildman–Crippen MR) is 112 cm³/mol. The molecular weight excluding hydrogens is 384 g/mol. The Morgan fingerprint density at radius 1 is 1.03 bits per heavy atom. The molecule has 0 radical (unpaired) electrons. The Morgan fingerprint density at radius 3 is 2.37 bits per heavy atom. The molecule has 0 atom stereocenters. The molecule has 0 aliphatic carbocycles. The summed E-state index contributed by atoms with van der Waals surface area (Å²) < 4.78 is 10.2. The maximum absolute atomic E-state index is 12.6. The van der Waals surface area contributed by atoms with Gasteiger partial charge in [-0.25, -0.2) is 0 Å². The van der Waals surface area contributed by atoms with E-state index < -0.39 is 5.97 Å². The lowest BCUT2D eigenvalue weighted by Gasteiger charge is -2.32. The highest BCUT2D eigenvalue weighted by atomic mass is 16.5. The molecule has 1 fully saturated rings. The molecule has 3 rings (SSSR count). The molecule has 0 saturated carbocycles. The van der Waals surface area contributed by atoms with Crippen molar-refractivity contribution in [2.75, 3.05) is 20.2 Å². The van der Waals surface area contributed by atoms with E-state index in [0.717, 1.165) is 11.3 Å². The number of likely N-dealkylation sites (tertiary alicyclic amines) is 1. The van der Waals surface area contributed by atoms with Crippen LogP contribution in [0.3, 0.4) is 0 Å². The average Bonchev–Trinajstić information content (AvgIpc) is 2.74. The van der Waals surface area contributed by atoms with Gasteiger partial charge in [-0.05, 0) is 48.7 Å². The van der Waals surface area contributed by atoms with Gasteiger partial charge in [-0.3, -0.25) is 14.4 Å². The molecular formula is C23H26N2O5. The summed E-state index contributed by atoms with van der Waals surface area (Å²) >= 11 is 0. The number of benzene rings is 2. The van der Waals surface area contributed by atoms with Crippen molar-refractivity contribution in [2.45, 2.75) is 32.2 Å². The number of methoxy groups -OCH3 is 1. The largest absolute Gasteiger partial charge is 0.497 e. The van der Waals surface area contributed by atoms with E-state index in [-0.39, 0.29) is 17.9 Å². The van der Waals surface area contributed by atoms with E-state index in [2.05, 4.69) is 5.32 Å². The minimum absolute atomic E-state index is 0.0000759. The summed E-state index contributed by atoms with van der Waals surface area (Å²) in [5, 5.41) is 3.01. The van der Waals surface area contributed by atoms with Crippen LogP contribution in [0.2, 0.25) is 0 Å². The maximum atomic E-state index is 12.6. The normalized spacial score (nSPS) is 14.1. The van der Waals surface area contributed by atoms with Crippen LogP contribution in [-0.4, -0.2) is 48.9 Å². The van der Waals surface area contributed by atoms with Gasteiger partial charge in [-0.15, -0.1) is 0 Å². The van der Waals surface area contributed by atoms with E-state index in [1.807, 2.05) is 29.2 Å². The standard InChI is InChI=1S/C23H26N2O5/c1-16(26)30-21-5-3-4-18(15-21)23(28)24-19-10-12-25(13-11-19)22(27)14-17-6-8-20(29-2)9-7-17/h3-9,15,19H,10-14H2,1-2H3,(H,24,28). The van der Waals surface area contributed by atoms with Gasteiger partial charge in [0.05, 0.1) is 13.5 Å². The molecule has 0 aromatic heterocycles. The minimum atomic E-state index is -0.431. The summed E-state index contributed by atoms with van der Waals surface area (Å²) in [5.74, 6) is 0.542. The minimum Gasteiger partial charge on any atom is -0.497 e. The van der Waals surface area contributed by atoms with Crippen LogP contribution in [0.4, 0.5) is 0 Å². The van der Waals surface area contributed by atoms with E-state index in [0.29, 0.717) is 43.7 Å². The molecule has 1 heterocycles. The fraction of sp³-hybridized carbons (Fsp3) is 0.348. The van der Waals surface area contributed by atoms with E-state index in [4.69, 9.17) is 9.47 Å². The smallest absolute Gasteiger partial charge is 0.308 e. The second-order valence-electron chi connectivity index (χ2n) is 7.27. The fourth-order valence-corrected chi connectivity index (χ4v) is 3.44. The van der Waals surface area contributed by atoms with Crippen molar-refractivity contribution in [2.24, 2.45) is 0 Å². The molecule has 0 spiro atoms. The molecule has 0 bridgehead atoms. The Hall–Kier alpha value is -3.35. The zero-order chi connectivity index (χ0) is 21.5. The second-order valence-corrected chi connectivity index (χ2v) is 7.27. The molecule has 0 unspecified atom stereocenters. The molecule has 2 amide bonds. The summed E-state index contributed by atoms with van der Waals surface area (Å²) in [6, 6.07) is 14.0. The third kappa shape index (κ3) is 5.83. The van der Waals surface area contributed by atoms with Gasteiger partial charge >= 0.3 is 5.97 Å². The van der Waals surface area contributed by atoms with Crippen LogP contribution in [0, 0.1) is 0 Å². The monoisotopic (exact) mass is 410 g/mol. The van der Waals surface area contributed by atoms with Crippen molar-refractivity contribution in [3.05, 3.63) is 59.7 Å². The van der Waals surface area contributed by atoms with Crippen molar-refractivity contribution in [1.29, 1.82) is 0 Å². The summed E-state index contributed by atoms with van der Waals surface area (Å²) in [5.41, 5.74) is 1.38. The number of rotatable bonds is 6. The number of amides is 2. The van der Waals surface area contributed by atoms with E-state index in [1.54, 1.807) is 31.4 Å². The van der Waals surface area contributed by atoms with Gasteiger partial charge in [0.15, 0.2) is 0 Å². The molecule has 158 valence electrons. The van der Waals surface area contributed by atoms with Gasteiger partial charge in [0.1, 0.15) is 11.5 Å². The van der Waals surface area contributed by atoms with Crippen LogP contribution in [-0.2, 0) is 16.0 Å². The summed E-state index contributed by atoms with van der Waals surface area (Å²) in [7, 11) is 1.61. The SMILES string of the molecule is COc1ccc(CC(=O)N2CCC(NC(=O)c3cccc(OC(C)=O)c3)CC2)cc1. The van der Waals surface area contributed by atoms with Crippen LogP contribution in [0.1, 0.15) is 35.7 Å². The molecule has 1 N–H and O–H groups in total. The first-order valence-corrected chi connectivity index (χ1v) is 9.94. The first-order valence-electron chi connectivity index (χ1n) is 9.94. The fourth-order valence-electron chi connectivity index (χ4n) is 3.44. The van der Waals surface area contributed by atoms with Gasteiger partial charge in [0.25, 0.3) is 5.91 Å². The van der Waals surface area contributed by atoms with Crippen LogP contribution in [0.15, 0.2) is 48.5 Å². The van der Waals surface area contributed by atoms with Gasteiger partial charge in [0, 0.05) is 31.6 Å². The highest BCUT2D eigenvalue weighted by Gasteiger charge is 2.24. The van der Waals surface area contributed by atoms with Crippen molar-refractivity contribution in [3.8, 4) is 11.5 Å². The topological polar surface area (TPSA) is 84.9 Å². The van der Waals surface area contributed by atoms with E-state index in [9.17, 15) is 14.4 Å². The van der Waals surface area contributed by atoms with Crippen molar-refractivity contribution in [3.63, 3.8) is 0 Å². The average molecular weight is 410 g/mol. The Morgan fingerprint density at radius 2 is 1.73 bits per heavy atom. The third-order valence-corrected chi connectivity index (χ3v) is 5.06. The number of nitrogens with zero attached hydrogens (tertiary/aromatic N) is 1. The number of esters is 1. The van der Waals surface area contributed by atoms with E-state index in [1.165, 1.54) is 6.92 Å². The lowest BCUT2D eigenvalue weighted by atomic mass is 10.0. The molecule has 2 aromatic rings. The molecule has 30 heavy (non-hydrogen) atoms.